The van der Waals surface area contributed by atoms with Crippen molar-refractivity contribution in [2.75, 3.05) is 12.0 Å². The maximum absolute atomic E-state index is 14.1. The number of rotatable bonds is 2. The maximum Gasteiger partial charge on any atom is 0.146 e. The molecule has 2 aliphatic heterocycles. The lowest BCUT2D eigenvalue weighted by Gasteiger charge is -2.47. The molecule has 3 rings (SSSR count). The second-order valence-electron chi connectivity index (χ2n) is 5.41. The normalized spacial score (nSPS) is 26.4. The molecule has 1 aromatic rings. The maximum atomic E-state index is 14.1. The van der Waals surface area contributed by atoms with Crippen molar-refractivity contribution in [3.8, 4) is 5.75 Å². The molecule has 0 aliphatic carbocycles. The molecule has 0 aromatic heterocycles. The Morgan fingerprint density at radius 3 is 2.58 bits per heavy atom. The summed E-state index contributed by atoms with van der Waals surface area (Å²) in [7, 11) is 1.58. The molecule has 3 nitrogen and oxygen atoms in total. The number of halogens is 1. The topological polar surface area (TPSA) is 29.5 Å². The average molecular weight is 263 g/mol. The number of hydrogen-bond acceptors (Lipinski definition) is 3. The summed E-state index contributed by atoms with van der Waals surface area (Å²) in [4.78, 5) is 13.8. The minimum absolute atomic E-state index is 0.154. The van der Waals surface area contributed by atoms with Crippen molar-refractivity contribution in [2.24, 2.45) is 0 Å². The Kier molecular flexibility index (Phi) is 3.17. The van der Waals surface area contributed by atoms with Gasteiger partial charge in [0.05, 0.1) is 12.8 Å². The van der Waals surface area contributed by atoms with Gasteiger partial charge < -0.3 is 9.64 Å². The van der Waals surface area contributed by atoms with Gasteiger partial charge in [-0.15, -0.1) is 0 Å². The predicted molar refractivity (Wildman–Crippen MR) is 71.1 cm³/mol. The molecule has 2 atom stereocenters. The lowest BCUT2D eigenvalue weighted by molar-refractivity contribution is -0.121. The smallest absolute Gasteiger partial charge is 0.146 e. The van der Waals surface area contributed by atoms with Crippen molar-refractivity contribution in [3.05, 3.63) is 24.0 Å². The van der Waals surface area contributed by atoms with Crippen LogP contribution in [0.2, 0.25) is 0 Å². The van der Waals surface area contributed by atoms with Crippen LogP contribution in [0.5, 0.6) is 5.75 Å². The van der Waals surface area contributed by atoms with E-state index in [1.165, 1.54) is 6.07 Å². The predicted octanol–water partition coefficient (Wildman–Crippen LogP) is 2.92. The largest absolute Gasteiger partial charge is 0.497 e. The summed E-state index contributed by atoms with van der Waals surface area (Å²) in [5.74, 6) is 0.743. The van der Waals surface area contributed by atoms with Crippen LogP contribution in [0.1, 0.15) is 32.1 Å². The number of fused-ring (bicyclic) bond motifs is 2. The van der Waals surface area contributed by atoms with E-state index < -0.39 is 0 Å². The quantitative estimate of drug-likeness (QED) is 0.821. The van der Waals surface area contributed by atoms with Gasteiger partial charge in [0.1, 0.15) is 17.3 Å². The molecule has 0 amide bonds. The molecule has 0 radical (unpaired) electrons. The van der Waals surface area contributed by atoms with E-state index in [0.29, 0.717) is 30.1 Å². The summed E-state index contributed by atoms with van der Waals surface area (Å²) in [6.07, 6.45) is 4.17. The molecule has 2 heterocycles. The summed E-state index contributed by atoms with van der Waals surface area (Å²) >= 11 is 0. The third kappa shape index (κ3) is 2.20. The lowest BCUT2D eigenvalue weighted by Crippen LogP contribution is -2.52. The Morgan fingerprint density at radius 1 is 1.26 bits per heavy atom. The van der Waals surface area contributed by atoms with Gasteiger partial charge in [-0.3, -0.25) is 4.79 Å². The van der Waals surface area contributed by atoms with Crippen LogP contribution in [0.15, 0.2) is 18.2 Å². The average Bonchev–Trinajstić information content (AvgIpc) is 2.39. The SMILES string of the molecule is COc1ccc(F)c(N2C3CCCC2CC(=O)C3)c1. The van der Waals surface area contributed by atoms with Crippen molar-refractivity contribution in [2.45, 2.75) is 44.2 Å². The first-order valence-electron chi connectivity index (χ1n) is 6.82. The van der Waals surface area contributed by atoms with E-state index in [0.717, 1.165) is 19.3 Å². The first-order valence-corrected chi connectivity index (χ1v) is 6.82. The van der Waals surface area contributed by atoms with Crippen molar-refractivity contribution in [3.63, 3.8) is 0 Å². The number of methoxy groups -OCH3 is 1. The molecule has 0 N–H and O–H groups in total. The number of ether oxygens (including phenoxy) is 1. The highest BCUT2D eigenvalue weighted by atomic mass is 19.1. The zero-order valence-corrected chi connectivity index (χ0v) is 11.1. The monoisotopic (exact) mass is 263 g/mol. The summed E-state index contributed by atoms with van der Waals surface area (Å²) in [5, 5.41) is 0. The van der Waals surface area contributed by atoms with E-state index in [1.807, 2.05) is 0 Å². The Hall–Kier alpha value is -1.58. The van der Waals surface area contributed by atoms with Crippen LogP contribution in [0.4, 0.5) is 10.1 Å². The highest BCUT2D eigenvalue weighted by Crippen LogP contribution is 2.38. The minimum atomic E-state index is -0.230. The molecule has 2 bridgehead atoms. The van der Waals surface area contributed by atoms with Gasteiger partial charge in [-0.25, -0.2) is 4.39 Å². The molecule has 0 saturated carbocycles. The molecule has 4 heteroatoms. The number of Topliss-reactive ketones (excluding diaryl/α,β-unsaturated/α-hetero) is 1. The van der Waals surface area contributed by atoms with Crippen LogP contribution in [0, 0.1) is 5.82 Å². The number of hydrogen-bond donors (Lipinski definition) is 0. The number of nitrogens with zero attached hydrogens (tertiary/aromatic N) is 1. The molecule has 2 aliphatic rings. The summed E-state index contributed by atoms with van der Waals surface area (Å²) in [5.41, 5.74) is 0.585. The number of ketones is 1. The highest BCUT2D eigenvalue weighted by Gasteiger charge is 2.38. The van der Waals surface area contributed by atoms with Gasteiger partial charge in [0.2, 0.25) is 0 Å². The molecule has 2 saturated heterocycles. The number of anilines is 1. The Balaban J connectivity index is 1.98. The molecule has 0 spiro atoms. The van der Waals surface area contributed by atoms with Crippen LogP contribution >= 0.6 is 0 Å². The van der Waals surface area contributed by atoms with Crippen molar-refractivity contribution < 1.29 is 13.9 Å². The zero-order valence-electron chi connectivity index (χ0n) is 11.1. The Labute approximate surface area is 112 Å². The van der Waals surface area contributed by atoms with Crippen LogP contribution in [0.3, 0.4) is 0 Å². The summed E-state index contributed by atoms with van der Waals surface area (Å²) in [6.45, 7) is 0. The van der Waals surface area contributed by atoms with Crippen LogP contribution in [-0.2, 0) is 4.79 Å². The summed E-state index contributed by atoms with van der Waals surface area (Å²) < 4.78 is 19.3. The molecular formula is C15H18FNO2. The second kappa shape index (κ2) is 4.83. The molecule has 2 fully saturated rings. The fraction of sp³-hybridized carbons (Fsp3) is 0.533. The fourth-order valence-electron chi connectivity index (χ4n) is 3.39. The van der Waals surface area contributed by atoms with E-state index in [2.05, 4.69) is 4.90 Å². The van der Waals surface area contributed by atoms with Crippen LogP contribution < -0.4 is 9.64 Å². The lowest BCUT2D eigenvalue weighted by atomic mass is 9.83. The van der Waals surface area contributed by atoms with Gasteiger partial charge in [0.25, 0.3) is 0 Å². The highest BCUT2D eigenvalue weighted by molar-refractivity contribution is 5.82. The van der Waals surface area contributed by atoms with Gasteiger partial charge in [0, 0.05) is 31.0 Å². The number of benzene rings is 1. The third-order valence-electron chi connectivity index (χ3n) is 4.22. The van der Waals surface area contributed by atoms with Gasteiger partial charge in [-0.1, -0.05) is 0 Å². The van der Waals surface area contributed by atoms with Gasteiger partial charge in [-0.05, 0) is 31.4 Å². The first kappa shape index (κ1) is 12.5. The van der Waals surface area contributed by atoms with Crippen LogP contribution in [0.25, 0.3) is 0 Å². The van der Waals surface area contributed by atoms with Crippen molar-refractivity contribution in [1.29, 1.82) is 0 Å². The second-order valence-corrected chi connectivity index (χ2v) is 5.41. The Bertz CT molecular complexity index is 487. The van der Waals surface area contributed by atoms with Gasteiger partial charge in [0.15, 0.2) is 0 Å². The van der Waals surface area contributed by atoms with Crippen molar-refractivity contribution in [1.82, 2.24) is 0 Å². The van der Waals surface area contributed by atoms with E-state index in [-0.39, 0.29) is 17.9 Å². The minimum Gasteiger partial charge on any atom is -0.497 e. The standard InChI is InChI=1S/C15H18FNO2/c1-19-13-5-6-14(16)15(9-13)17-10-3-2-4-11(17)8-12(18)7-10/h5-6,9-11H,2-4,7-8H2,1H3. The van der Waals surface area contributed by atoms with Crippen molar-refractivity contribution >= 4 is 11.5 Å². The molecule has 102 valence electrons. The van der Waals surface area contributed by atoms with E-state index in [1.54, 1.807) is 19.2 Å². The van der Waals surface area contributed by atoms with Gasteiger partial charge in [-0.2, -0.15) is 0 Å². The fourth-order valence-corrected chi connectivity index (χ4v) is 3.39. The molecule has 1 aromatic carbocycles. The molecule has 19 heavy (non-hydrogen) atoms. The van der Waals surface area contributed by atoms with E-state index >= 15 is 0 Å². The summed E-state index contributed by atoms with van der Waals surface area (Å²) in [6, 6.07) is 5.13. The van der Waals surface area contributed by atoms with Crippen LogP contribution in [-0.4, -0.2) is 25.0 Å². The number of carbonyl (C=O) groups excluding carboxylic acids is 1. The Morgan fingerprint density at radius 2 is 1.95 bits per heavy atom. The first-order chi connectivity index (χ1) is 9.19. The number of carbonyl (C=O) groups is 1. The van der Waals surface area contributed by atoms with Gasteiger partial charge >= 0.3 is 0 Å². The molecular weight excluding hydrogens is 245 g/mol. The molecule has 2 unspecified atom stereocenters. The van der Waals surface area contributed by atoms with E-state index in [4.69, 9.17) is 4.74 Å². The number of piperidine rings is 2. The third-order valence-corrected chi connectivity index (χ3v) is 4.22. The zero-order chi connectivity index (χ0) is 13.4. The van der Waals surface area contributed by atoms with E-state index in [9.17, 15) is 9.18 Å².